The van der Waals surface area contributed by atoms with Crippen molar-refractivity contribution >= 4 is 33.2 Å². The molecule has 0 bridgehead atoms. The number of likely N-dealkylation sites (N-methyl/N-ethyl adjacent to an activating group) is 2. The van der Waals surface area contributed by atoms with Gasteiger partial charge in [0.05, 0.1) is 11.4 Å². The van der Waals surface area contributed by atoms with E-state index in [4.69, 9.17) is 11.6 Å². The minimum atomic E-state index is -3.73. The molecule has 6 nitrogen and oxygen atoms in total. The fourth-order valence-electron chi connectivity index (χ4n) is 2.30. The number of rotatable bonds is 8. The molecule has 0 unspecified atom stereocenters. The van der Waals surface area contributed by atoms with Crippen molar-refractivity contribution in [1.82, 2.24) is 9.62 Å². The fraction of sp³-hybridized carbons (Fsp3) is 0.278. The van der Waals surface area contributed by atoms with E-state index in [1.165, 1.54) is 31.3 Å². The number of sulfonamides is 1. The molecule has 8 heteroatoms. The number of halogens is 1. The lowest BCUT2D eigenvalue weighted by molar-refractivity contribution is -0.121. The van der Waals surface area contributed by atoms with Gasteiger partial charge in [-0.2, -0.15) is 4.31 Å². The minimum absolute atomic E-state index is 0.0982. The number of benzene rings is 2. The summed E-state index contributed by atoms with van der Waals surface area (Å²) in [7, 11) is -0.428. The second-order valence-electron chi connectivity index (χ2n) is 5.82. The Balaban J connectivity index is 1.84. The Morgan fingerprint density at radius 1 is 1.04 bits per heavy atom. The maximum atomic E-state index is 12.4. The highest BCUT2D eigenvalue weighted by Gasteiger charge is 2.22. The van der Waals surface area contributed by atoms with E-state index in [0.717, 1.165) is 9.99 Å². The molecule has 0 fully saturated rings. The number of carbonyl (C=O) groups excluding carboxylic acids is 1. The van der Waals surface area contributed by atoms with Crippen molar-refractivity contribution in [2.24, 2.45) is 0 Å². The molecule has 0 atom stereocenters. The van der Waals surface area contributed by atoms with Crippen LogP contribution >= 0.6 is 11.6 Å². The average molecular weight is 396 g/mol. The van der Waals surface area contributed by atoms with Gasteiger partial charge in [0.2, 0.25) is 15.9 Å². The Bertz CT molecular complexity index is 827. The second-order valence-corrected chi connectivity index (χ2v) is 8.30. The number of para-hydroxylation sites is 1. The molecule has 140 valence electrons. The zero-order valence-electron chi connectivity index (χ0n) is 14.7. The Kier molecular flexibility index (Phi) is 7.02. The molecule has 2 aromatic carbocycles. The van der Waals surface area contributed by atoms with Crippen molar-refractivity contribution in [2.45, 2.75) is 4.90 Å². The lowest BCUT2D eigenvalue weighted by Gasteiger charge is -2.20. The van der Waals surface area contributed by atoms with Crippen LogP contribution in [0.5, 0.6) is 0 Å². The molecule has 0 aromatic heterocycles. The Labute approximate surface area is 159 Å². The third-order valence-electron chi connectivity index (χ3n) is 3.85. The number of nitrogens with zero attached hydrogens (tertiary/aromatic N) is 2. The van der Waals surface area contributed by atoms with E-state index >= 15 is 0 Å². The van der Waals surface area contributed by atoms with Gasteiger partial charge in [0, 0.05) is 37.9 Å². The Morgan fingerprint density at radius 2 is 1.65 bits per heavy atom. The molecule has 0 saturated carbocycles. The van der Waals surface area contributed by atoms with E-state index in [2.05, 4.69) is 5.32 Å². The largest absolute Gasteiger partial charge is 0.373 e. The van der Waals surface area contributed by atoms with Crippen LogP contribution in [0.4, 0.5) is 5.69 Å². The van der Waals surface area contributed by atoms with Gasteiger partial charge in [-0.1, -0.05) is 29.8 Å². The minimum Gasteiger partial charge on any atom is -0.373 e. The normalized spacial score (nSPS) is 11.4. The zero-order chi connectivity index (χ0) is 19.2. The van der Waals surface area contributed by atoms with Crippen LogP contribution in [-0.4, -0.2) is 52.4 Å². The van der Waals surface area contributed by atoms with Gasteiger partial charge >= 0.3 is 0 Å². The fourth-order valence-corrected chi connectivity index (χ4v) is 3.56. The van der Waals surface area contributed by atoms with E-state index in [0.29, 0.717) is 18.1 Å². The van der Waals surface area contributed by atoms with Gasteiger partial charge in [0.15, 0.2) is 0 Å². The van der Waals surface area contributed by atoms with Crippen LogP contribution in [0, 0.1) is 0 Å². The molecular formula is C18H22ClN3O3S. The van der Waals surface area contributed by atoms with E-state index in [1.54, 1.807) is 0 Å². The number of hydrogen-bond acceptors (Lipinski definition) is 4. The average Bonchev–Trinajstić information content (AvgIpc) is 2.62. The summed E-state index contributed by atoms with van der Waals surface area (Å²) >= 11 is 5.78. The van der Waals surface area contributed by atoms with Crippen molar-refractivity contribution in [1.29, 1.82) is 0 Å². The maximum Gasteiger partial charge on any atom is 0.243 e. The van der Waals surface area contributed by atoms with Crippen LogP contribution < -0.4 is 10.2 Å². The molecular weight excluding hydrogens is 374 g/mol. The standard InChI is InChI=1S/C18H22ClN3O3S/c1-21(16-6-4-3-5-7-16)13-12-20-18(23)14-22(2)26(24,25)17-10-8-15(19)9-11-17/h3-11H,12-14H2,1-2H3,(H,20,23). The van der Waals surface area contributed by atoms with Gasteiger partial charge in [-0.15, -0.1) is 0 Å². The number of amides is 1. The molecule has 0 spiro atoms. The monoisotopic (exact) mass is 395 g/mol. The van der Waals surface area contributed by atoms with Gasteiger partial charge in [-0.05, 0) is 36.4 Å². The Hall–Kier alpha value is -2.09. The first-order valence-electron chi connectivity index (χ1n) is 8.05. The number of anilines is 1. The summed E-state index contributed by atoms with van der Waals surface area (Å²) in [5, 5.41) is 3.19. The summed E-state index contributed by atoms with van der Waals surface area (Å²) in [4.78, 5) is 14.2. The summed E-state index contributed by atoms with van der Waals surface area (Å²) in [6, 6.07) is 15.6. The first kappa shape index (κ1) is 20.2. The van der Waals surface area contributed by atoms with Gasteiger partial charge in [0.1, 0.15) is 0 Å². The number of nitrogens with one attached hydrogen (secondary N) is 1. The van der Waals surface area contributed by atoms with Gasteiger partial charge < -0.3 is 10.2 Å². The molecule has 0 aliphatic carbocycles. The summed E-state index contributed by atoms with van der Waals surface area (Å²) in [6.45, 7) is 0.780. The van der Waals surface area contributed by atoms with E-state index < -0.39 is 10.0 Å². The molecule has 0 saturated heterocycles. The highest BCUT2D eigenvalue weighted by atomic mass is 35.5. The molecule has 0 aliphatic rings. The quantitative estimate of drug-likeness (QED) is 0.744. The zero-order valence-corrected chi connectivity index (χ0v) is 16.3. The second kappa shape index (κ2) is 9.02. The topological polar surface area (TPSA) is 69.7 Å². The summed E-state index contributed by atoms with van der Waals surface area (Å²) in [6.07, 6.45) is 0. The smallest absolute Gasteiger partial charge is 0.243 e. The van der Waals surface area contributed by atoms with Crippen LogP contribution in [0.3, 0.4) is 0 Å². The summed E-state index contributed by atoms with van der Waals surface area (Å²) < 4.78 is 25.9. The number of carbonyl (C=O) groups is 1. The van der Waals surface area contributed by atoms with E-state index in [-0.39, 0.29) is 17.3 Å². The first-order chi connectivity index (χ1) is 12.3. The predicted molar refractivity (Wildman–Crippen MR) is 104 cm³/mol. The molecule has 1 N–H and O–H groups in total. The molecule has 2 aromatic rings. The predicted octanol–water partition coefficient (Wildman–Crippen LogP) is 2.21. The lowest BCUT2D eigenvalue weighted by Crippen LogP contribution is -2.40. The van der Waals surface area contributed by atoms with Crippen LogP contribution in [0.1, 0.15) is 0 Å². The van der Waals surface area contributed by atoms with Crippen LogP contribution in [0.25, 0.3) is 0 Å². The Morgan fingerprint density at radius 3 is 2.27 bits per heavy atom. The molecule has 0 heterocycles. The highest BCUT2D eigenvalue weighted by Crippen LogP contribution is 2.17. The molecule has 0 aliphatic heterocycles. The first-order valence-corrected chi connectivity index (χ1v) is 9.87. The van der Waals surface area contributed by atoms with Gasteiger partial charge in [-0.25, -0.2) is 8.42 Å². The molecule has 26 heavy (non-hydrogen) atoms. The van der Waals surface area contributed by atoms with Crippen molar-refractivity contribution in [2.75, 3.05) is 38.6 Å². The third kappa shape index (κ3) is 5.45. The van der Waals surface area contributed by atoms with Crippen LogP contribution in [0.15, 0.2) is 59.5 Å². The van der Waals surface area contributed by atoms with Crippen molar-refractivity contribution in [3.63, 3.8) is 0 Å². The lowest BCUT2D eigenvalue weighted by atomic mass is 10.3. The summed E-state index contributed by atoms with van der Waals surface area (Å²) in [5.74, 6) is -0.355. The highest BCUT2D eigenvalue weighted by molar-refractivity contribution is 7.89. The van der Waals surface area contributed by atoms with E-state index in [1.807, 2.05) is 42.3 Å². The number of hydrogen-bond donors (Lipinski definition) is 1. The van der Waals surface area contributed by atoms with Crippen LogP contribution in [-0.2, 0) is 14.8 Å². The maximum absolute atomic E-state index is 12.4. The molecule has 1 amide bonds. The van der Waals surface area contributed by atoms with Gasteiger partial charge in [0.25, 0.3) is 0 Å². The molecule has 2 rings (SSSR count). The molecule has 0 radical (unpaired) electrons. The van der Waals surface area contributed by atoms with Crippen molar-refractivity contribution in [3.05, 3.63) is 59.6 Å². The SMILES string of the molecule is CN(CCNC(=O)CN(C)S(=O)(=O)c1ccc(Cl)cc1)c1ccccc1. The van der Waals surface area contributed by atoms with E-state index in [9.17, 15) is 13.2 Å². The third-order valence-corrected chi connectivity index (χ3v) is 5.92. The summed E-state index contributed by atoms with van der Waals surface area (Å²) in [5.41, 5.74) is 1.05. The van der Waals surface area contributed by atoms with Crippen molar-refractivity contribution in [3.8, 4) is 0 Å². The van der Waals surface area contributed by atoms with Gasteiger partial charge in [-0.3, -0.25) is 4.79 Å². The van der Waals surface area contributed by atoms with Crippen molar-refractivity contribution < 1.29 is 13.2 Å². The van der Waals surface area contributed by atoms with Crippen LogP contribution in [0.2, 0.25) is 5.02 Å².